The molecule has 2 fully saturated rings. The van der Waals surface area contributed by atoms with Crippen molar-refractivity contribution in [1.29, 1.82) is 0 Å². The molecule has 1 heterocycles. The van der Waals surface area contributed by atoms with Gasteiger partial charge in [-0.3, -0.25) is 9.69 Å². The number of hydrogen-bond donors (Lipinski definition) is 3. The maximum atomic E-state index is 14.1. The number of aliphatic hydroxyl groups excluding tert-OH is 1. The van der Waals surface area contributed by atoms with Crippen molar-refractivity contribution >= 4 is 15.9 Å². The molecular weight excluding hydrogens is 449 g/mol. The third kappa shape index (κ3) is 6.88. The quantitative estimate of drug-likeness (QED) is 0.540. The van der Waals surface area contributed by atoms with Crippen LogP contribution < -0.4 is 14.8 Å². The molecular formula is C23H36FN3O5S. The number of carbonyl (C=O) groups excluding carboxylic acids is 1. The molecule has 1 saturated carbocycles. The fourth-order valence-electron chi connectivity index (χ4n) is 4.94. The van der Waals surface area contributed by atoms with E-state index >= 15 is 0 Å². The molecule has 4 atom stereocenters. The Morgan fingerprint density at radius 1 is 1.24 bits per heavy atom. The summed E-state index contributed by atoms with van der Waals surface area (Å²) in [7, 11) is -3.51. The molecule has 1 aliphatic carbocycles. The summed E-state index contributed by atoms with van der Waals surface area (Å²) in [6.07, 6.45) is 1.57. The lowest BCUT2D eigenvalue weighted by Crippen LogP contribution is -2.56. The second-order valence-electron chi connectivity index (χ2n) is 10.2. The summed E-state index contributed by atoms with van der Waals surface area (Å²) in [6.45, 7) is 7.84. The van der Waals surface area contributed by atoms with Gasteiger partial charge in [-0.2, -0.15) is 0 Å². The number of hydrogen-bond acceptors (Lipinski definition) is 6. The highest BCUT2D eigenvalue weighted by Crippen LogP contribution is 2.37. The Morgan fingerprint density at radius 2 is 1.88 bits per heavy atom. The molecule has 0 unspecified atom stereocenters. The monoisotopic (exact) mass is 485 g/mol. The maximum absolute atomic E-state index is 14.1. The Morgan fingerprint density at radius 3 is 2.45 bits per heavy atom. The summed E-state index contributed by atoms with van der Waals surface area (Å²) >= 11 is 0. The Balaban J connectivity index is 1.74. The van der Waals surface area contributed by atoms with E-state index in [1.54, 1.807) is 12.1 Å². The smallest absolute Gasteiger partial charge is 0.235 e. The van der Waals surface area contributed by atoms with Gasteiger partial charge in [0.05, 0.1) is 24.9 Å². The predicted octanol–water partition coefficient (Wildman–Crippen LogP) is 1.50. The first-order chi connectivity index (χ1) is 15.3. The highest BCUT2D eigenvalue weighted by molar-refractivity contribution is 7.88. The molecule has 0 spiro atoms. The van der Waals surface area contributed by atoms with Crippen LogP contribution in [0.3, 0.4) is 0 Å². The van der Waals surface area contributed by atoms with Crippen molar-refractivity contribution in [3.63, 3.8) is 0 Å². The van der Waals surface area contributed by atoms with Crippen LogP contribution in [-0.4, -0.2) is 74.5 Å². The van der Waals surface area contributed by atoms with Gasteiger partial charge in [0.15, 0.2) is 11.6 Å². The van der Waals surface area contributed by atoms with Gasteiger partial charge in [-0.15, -0.1) is 0 Å². The van der Waals surface area contributed by atoms with E-state index in [0.29, 0.717) is 5.92 Å². The Bertz CT molecular complexity index is 928. The number of ether oxygens (including phenoxy) is 1. The summed E-state index contributed by atoms with van der Waals surface area (Å²) in [4.78, 5) is 14.6. The highest BCUT2D eigenvalue weighted by Gasteiger charge is 2.48. The Hall–Kier alpha value is -1.75. The molecule has 3 N–H and O–H groups in total. The highest BCUT2D eigenvalue weighted by atomic mass is 32.2. The van der Waals surface area contributed by atoms with E-state index in [2.05, 4.69) is 35.7 Å². The molecule has 3 rings (SSSR count). The fourth-order valence-corrected chi connectivity index (χ4v) is 5.33. The van der Waals surface area contributed by atoms with Crippen molar-refractivity contribution in [2.75, 3.05) is 25.9 Å². The number of nitrogens with one attached hydrogen (secondary N) is 2. The number of likely N-dealkylation sites (tertiary alicyclic amines) is 1. The minimum absolute atomic E-state index is 0.0532. The van der Waals surface area contributed by atoms with Gasteiger partial charge < -0.3 is 15.2 Å². The molecule has 1 amide bonds. The normalized spacial score (nSPS) is 27.5. The fraction of sp³-hybridized carbons (Fsp3) is 0.696. The van der Waals surface area contributed by atoms with E-state index in [-0.39, 0.29) is 24.1 Å². The standard InChI is InChI=1S/C23H36FN3O5S/c1-23(2,3)15-9-11-27(12-10-15)21-17(26-20(28)14-25-33(4,30)31)13-19(22(21)29)32-18-8-6-5-7-16(18)24/h5-8,15,17,19,21-22,25,29H,9-14H2,1-4H3,(H,26,28)/t17-,19-,21+,22+/m1/s1. The molecule has 1 aromatic rings. The van der Waals surface area contributed by atoms with Crippen LogP contribution in [-0.2, 0) is 14.8 Å². The zero-order chi connectivity index (χ0) is 24.4. The number of carbonyl (C=O) groups is 1. The predicted molar refractivity (Wildman–Crippen MR) is 124 cm³/mol. The lowest BCUT2D eigenvalue weighted by molar-refractivity contribution is -0.121. The van der Waals surface area contributed by atoms with Gasteiger partial charge in [-0.05, 0) is 49.4 Å². The third-order valence-electron chi connectivity index (χ3n) is 6.76. The largest absolute Gasteiger partial charge is 0.485 e. The van der Waals surface area contributed by atoms with Crippen molar-refractivity contribution in [3.05, 3.63) is 30.1 Å². The second kappa shape index (κ2) is 10.2. The molecule has 10 heteroatoms. The SMILES string of the molecule is CC(C)(C)C1CCN([C@@H]2[C@@H](O)[C@H](Oc3ccccc3F)C[C@H]2NC(=O)CNS(C)(=O)=O)CC1. The number of halogens is 1. The van der Waals surface area contributed by atoms with Crippen LogP contribution in [0.15, 0.2) is 24.3 Å². The molecule has 1 aliphatic heterocycles. The number of piperidine rings is 1. The number of amides is 1. The molecule has 1 aromatic carbocycles. The van der Waals surface area contributed by atoms with Gasteiger partial charge in [-0.1, -0.05) is 32.9 Å². The van der Waals surface area contributed by atoms with E-state index in [4.69, 9.17) is 4.74 Å². The molecule has 33 heavy (non-hydrogen) atoms. The lowest BCUT2D eigenvalue weighted by Gasteiger charge is -2.43. The van der Waals surface area contributed by atoms with Crippen LogP contribution in [0, 0.1) is 17.2 Å². The second-order valence-corrected chi connectivity index (χ2v) is 12.1. The Labute approximate surface area is 195 Å². The zero-order valence-electron chi connectivity index (χ0n) is 19.8. The minimum Gasteiger partial charge on any atom is -0.485 e. The first-order valence-electron chi connectivity index (χ1n) is 11.4. The van der Waals surface area contributed by atoms with Crippen molar-refractivity contribution < 1.29 is 27.4 Å². The molecule has 8 nitrogen and oxygen atoms in total. The van der Waals surface area contributed by atoms with Gasteiger partial charge in [0.2, 0.25) is 15.9 Å². The molecule has 2 aliphatic rings. The van der Waals surface area contributed by atoms with Gasteiger partial charge in [-0.25, -0.2) is 17.5 Å². The van der Waals surface area contributed by atoms with Gasteiger partial charge in [0, 0.05) is 6.42 Å². The lowest BCUT2D eigenvalue weighted by atomic mass is 9.75. The zero-order valence-corrected chi connectivity index (χ0v) is 20.6. The molecule has 0 bridgehead atoms. The molecule has 1 saturated heterocycles. The van der Waals surface area contributed by atoms with Crippen LogP contribution in [0.1, 0.15) is 40.0 Å². The van der Waals surface area contributed by atoms with Gasteiger partial charge in [0.25, 0.3) is 0 Å². The molecule has 186 valence electrons. The topological polar surface area (TPSA) is 108 Å². The van der Waals surface area contributed by atoms with E-state index in [1.807, 2.05) is 0 Å². The summed E-state index contributed by atoms with van der Waals surface area (Å²) in [6, 6.07) is 5.15. The summed E-state index contributed by atoms with van der Waals surface area (Å²) in [5.41, 5.74) is 0.196. The van der Waals surface area contributed by atoms with Crippen LogP contribution in [0.25, 0.3) is 0 Å². The van der Waals surface area contributed by atoms with Crippen molar-refractivity contribution in [2.45, 2.75) is 64.3 Å². The number of rotatable bonds is 7. The van der Waals surface area contributed by atoms with Crippen LogP contribution in [0.2, 0.25) is 0 Å². The van der Waals surface area contributed by atoms with Crippen molar-refractivity contribution in [3.8, 4) is 5.75 Å². The van der Waals surface area contributed by atoms with Crippen LogP contribution in [0.5, 0.6) is 5.75 Å². The number of aliphatic hydroxyl groups is 1. The van der Waals surface area contributed by atoms with Gasteiger partial charge in [0.1, 0.15) is 12.2 Å². The number of para-hydroxylation sites is 1. The van der Waals surface area contributed by atoms with Crippen molar-refractivity contribution in [1.82, 2.24) is 14.9 Å². The van der Waals surface area contributed by atoms with Crippen molar-refractivity contribution in [2.24, 2.45) is 11.3 Å². The molecule has 0 aromatic heterocycles. The first kappa shape index (κ1) is 25.9. The Kier molecular flexibility index (Phi) is 8.03. The van der Waals surface area contributed by atoms with E-state index in [0.717, 1.165) is 32.2 Å². The number of sulfonamides is 1. The molecule has 0 radical (unpaired) electrons. The van der Waals surface area contributed by atoms with Crippen LogP contribution >= 0.6 is 0 Å². The maximum Gasteiger partial charge on any atom is 0.235 e. The van der Waals surface area contributed by atoms with Gasteiger partial charge >= 0.3 is 0 Å². The average molecular weight is 486 g/mol. The number of nitrogens with zero attached hydrogens (tertiary/aromatic N) is 1. The van der Waals surface area contributed by atoms with E-state index < -0.39 is 46.0 Å². The minimum atomic E-state index is -3.51. The van der Waals surface area contributed by atoms with Crippen LogP contribution in [0.4, 0.5) is 4.39 Å². The first-order valence-corrected chi connectivity index (χ1v) is 13.3. The van der Waals surface area contributed by atoms with E-state index in [1.165, 1.54) is 12.1 Å². The summed E-state index contributed by atoms with van der Waals surface area (Å²) < 4.78 is 44.8. The average Bonchev–Trinajstić information content (AvgIpc) is 3.02. The van der Waals surface area contributed by atoms with E-state index in [9.17, 15) is 22.7 Å². The summed E-state index contributed by atoms with van der Waals surface area (Å²) in [5.74, 6) is -0.391. The summed E-state index contributed by atoms with van der Waals surface area (Å²) in [5, 5.41) is 14.0. The number of benzene rings is 1. The third-order valence-corrected chi connectivity index (χ3v) is 7.43.